The topological polar surface area (TPSA) is 98.5 Å². The summed E-state index contributed by atoms with van der Waals surface area (Å²) in [6, 6.07) is 6.11. The molecule has 1 aromatic rings. The minimum Gasteiger partial charge on any atom is -0.452 e. The van der Waals surface area contributed by atoms with Crippen LogP contribution in [0.5, 0.6) is 0 Å². The number of hydrogen-bond donors (Lipinski definition) is 2. The van der Waals surface area contributed by atoms with E-state index in [2.05, 4.69) is 5.32 Å². The number of amides is 2. The SMILES string of the molecule is CC(C)C(=O)O[C@@H](C)C(=O)Nc1ccc(C(N)=O)cc1. The number of hydrogen-bond acceptors (Lipinski definition) is 4. The molecule has 0 unspecified atom stereocenters. The molecule has 0 heterocycles. The van der Waals surface area contributed by atoms with E-state index in [1.165, 1.54) is 19.1 Å². The lowest BCUT2D eigenvalue weighted by Gasteiger charge is -2.14. The number of nitrogens with two attached hydrogens (primary N) is 1. The van der Waals surface area contributed by atoms with Gasteiger partial charge >= 0.3 is 5.97 Å². The van der Waals surface area contributed by atoms with Gasteiger partial charge in [0.1, 0.15) is 0 Å². The van der Waals surface area contributed by atoms with E-state index < -0.39 is 23.9 Å². The van der Waals surface area contributed by atoms with E-state index in [1.807, 2.05) is 0 Å². The van der Waals surface area contributed by atoms with Crippen molar-refractivity contribution in [2.75, 3.05) is 5.32 Å². The van der Waals surface area contributed by atoms with E-state index in [0.717, 1.165) is 0 Å². The molecule has 0 aromatic heterocycles. The standard InChI is InChI=1S/C14H18N2O4/c1-8(2)14(19)20-9(3)13(18)16-11-6-4-10(5-7-11)12(15)17/h4-9H,1-3H3,(H2,15,17)(H,16,18)/t9-/m0/s1. The molecule has 0 fully saturated rings. The van der Waals surface area contributed by atoms with Crippen molar-refractivity contribution in [3.63, 3.8) is 0 Å². The number of nitrogens with one attached hydrogen (secondary N) is 1. The van der Waals surface area contributed by atoms with E-state index in [0.29, 0.717) is 11.3 Å². The Morgan fingerprint density at radius 3 is 2.10 bits per heavy atom. The predicted molar refractivity (Wildman–Crippen MR) is 74.0 cm³/mol. The summed E-state index contributed by atoms with van der Waals surface area (Å²) in [4.78, 5) is 34.1. The lowest BCUT2D eigenvalue weighted by Crippen LogP contribution is -2.31. The first kappa shape index (κ1) is 15.7. The van der Waals surface area contributed by atoms with Crippen LogP contribution in [0, 0.1) is 5.92 Å². The first-order valence-corrected chi connectivity index (χ1v) is 6.22. The molecule has 0 aliphatic rings. The third-order valence-electron chi connectivity index (χ3n) is 2.57. The Kier molecular flexibility index (Phi) is 5.25. The van der Waals surface area contributed by atoms with Crippen LogP contribution >= 0.6 is 0 Å². The molecule has 1 atom stereocenters. The Morgan fingerprint density at radius 1 is 1.10 bits per heavy atom. The van der Waals surface area contributed by atoms with Gasteiger partial charge in [0.05, 0.1) is 5.92 Å². The average Bonchev–Trinajstić information content (AvgIpc) is 2.38. The Morgan fingerprint density at radius 2 is 1.65 bits per heavy atom. The van der Waals surface area contributed by atoms with Crippen LogP contribution in [0.3, 0.4) is 0 Å². The maximum absolute atomic E-state index is 11.8. The van der Waals surface area contributed by atoms with Crippen molar-refractivity contribution in [3.05, 3.63) is 29.8 Å². The second kappa shape index (κ2) is 6.70. The van der Waals surface area contributed by atoms with Crippen molar-refractivity contribution >= 4 is 23.5 Å². The van der Waals surface area contributed by atoms with Crippen LogP contribution in [-0.2, 0) is 14.3 Å². The van der Waals surface area contributed by atoms with Crippen molar-refractivity contribution in [2.45, 2.75) is 26.9 Å². The maximum atomic E-state index is 11.8. The maximum Gasteiger partial charge on any atom is 0.309 e. The van der Waals surface area contributed by atoms with Gasteiger partial charge in [-0.2, -0.15) is 0 Å². The smallest absolute Gasteiger partial charge is 0.309 e. The lowest BCUT2D eigenvalue weighted by atomic mass is 10.2. The van der Waals surface area contributed by atoms with E-state index in [-0.39, 0.29) is 5.92 Å². The van der Waals surface area contributed by atoms with Crippen molar-refractivity contribution in [1.29, 1.82) is 0 Å². The molecule has 0 bridgehead atoms. The van der Waals surface area contributed by atoms with Gasteiger partial charge in [-0.1, -0.05) is 13.8 Å². The van der Waals surface area contributed by atoms with Crippen molar-refractivity contribution < 1.29 is 19.1 Å². The van der Waals surface area contributed by atoms with Crippen LogP contribution in [-0.4, -0.2) is 23.9 Å². The Balaban J connectivity index is 2.61. The van der Waals surface area contributed by atoms with Gasteiger partial charge in [0.15, 0.2) is 6.10 Å². The highest BCUT2D eigenvalue weighted by molar-refractivity contribution is 5.96. The number of carbonyl (C=O) groups excluding carboxylic acids is 3. The van der Waals surface area contributed by atoms with Gasteiger partial charge in [0.2, 0.25) is 5.91 Å². The third-order valence-corrected chi connectivity index (χ3v) is 2.57. The van der Waals surface area contributed by atoms with Crippen molar-refractivity contribution in [2.24, 2.45) is 11.7 Å². The second-order valence-corrected chi connectivity index (χ2v) is 4.66. The van der Waals surface area contributed by atoms with Crippen LogP contribution in [0.4, 0.5) is 5.69 Å². The largest absolute Gasteiger partial charge is 0.452 e. The summed E-state index contributed by atoms with van der Waals surface area (Å²) in [6.45, 7) is 4.87. The fraction of sp³-hybridized carbons (Fsp3) is 0.357. The van der Waals surface area contributed by atoms with Crippen molar-refractivity contribution in [3.8, 4) is 0 Å². The number of benzene rings is 1. The van der Waals surface area contributed by atoms with Crippen LogP contribution < -0.4 is 11.1 Å². The van der Waals surface area contributed by atoms with Crippen LogP contribution in [0.25, 0.3) is 0 Å². The molecule has 108 valence electrons. The van der Waals surface area contributed by atoms with E-state index >= 15 is 0 Å². The molecular formula is C14H18N2O4. The van der Waals surface area contributed by atoms with Gasteiger partial charge in [-0.05, 0) is 31.2 Å². The highest BCUT2D eigenvalue weighted by Gasteiger charge is 2.19. The summed E-state index contributed by atoms with van der Waals surface area (Å²) in [7, 11) is 0. The molecule has 0 aliphatic carbocycles. The summed E-state index contributed by atoms with van der Waals surface area (Å²) in [5.41, 5.74) is 5.96. The van der Waals surface area contributed by atoms with Gasteiger partial charge in [0.25, 0.3) is 5.91 Å². The van der Waals surface area contributed by atoms with Gasteiger partial charge in [-0.15, -0.1) is 0 Å². The quantitative estimate of drug-likeness (QED) is 0.793. The van der Waals surface area contributed by atoms with Crippen molar-refractivity contribution in [1.82, 2.24) is 0 Å². The minimum absolute atomic E-state index is 0.292. The fourth-order valence-corrected chi connectivity index (χ4v) is 1.33. The Labute approximate surface area is 117 Å². The number of carbonyl (C=O) groups is 3. The van der Waals surface area contributed by atoms with Crippen LogP contribution in [0.1, 0.15) is 31.1 Å². The first-order chi connectivity index (χ1) is 9.31. The minimum atomic E-state index is -0.888. The van der Waals surface area contributed by atoms with E-state index in [4.69, 9.17) is 10.5 Å². The molecule has 1 rings (SSSR count). The normalized spacial score (nSPS) is 11.8. The molecule has 0 saturated carbocycles. The zero-order valence-corrected chi connectivity index (χ0v) is 11.7. The Bertz CT molecular complexity index is 508. The van der Waals surface area contributed by atoms with Crippen LogP contribution in [0.15, 0.2) is 24.3 Å². The molecule has 1 aromatic carbocycles. The predicted octanol–water partition coefficient (Wildman–Crippen LogP) is 1.31. The first-order valence-electron chi connectivity index (χ1n) is 6.22. The highest BCUT2D eigenvalue weighted by atomic mass is 16.5. The van der Waals surface area contributed by atoms with Gasteiger partial charge in [-0.3, -0.25) is 14.4 Å². The zero-order valence-electron chi connectivity index (χ0n) is 11.7. The number of esters is 1. The summed E-state index contributed by atoms with van der Waals surface area (Å²) in [6.07, 6.45) is -0.888. The summed E-state index contributed by atoms with van der Waals surface area (Å²) in [5, 5.41) is 2.58. The molecule has 0 aliphatic heterocycles. The van der Waals surface area contributed by atoms with E-state index in [9.17, 15) is 14.4 Å². The summed E-state index contributed by atoms with van der Waals surface area (Å²) >= 11 is 0. The van der Waals surface area contributed by atoms with Crippen LogP contribution in [0.2, 0.25) is 0 Å². The summed E-state index contributed by atoms with van der Waals surface area (Å²) in [5.74, 6) is -1.70. The molecule has 3 N–H and O–H groups in total. The molecule has 20 heavy (non-hydrogen) atoms. The molecule has 0 spiro atoms. The number of primary amides is 1. The highest BCUT2D eigenvalue weighted by Crippen LogP contribution is 2.10. The Hall–Kier alpha value is -2.37. The van der Waals surface area contributed by atoms with E-state index in [1.54, 1.807) is 26.0 Å². The lowest BCUT2D eigenvalue weighted by molar-refractivity contribution is -0.156. The monoisotopic (exact) mass is 278 g/mol. The molecule has 0 radical (unpaired) electrons. The third kappa shape index (κ3) is 4.38. The number of ether oxygens (including phenoxy) is 1. The zero-order chi connectivity index (χ0) is 15.3. The average molecular weight is 278 g/mol. The second-order valence-electron chi connectivity index (χ2n) is 4.66. The molecule has 6 heteroatoms. The fourth-order valence-electron chi connectivity index (χ4n) is 1.33. The summed E-state index contributed by atoms with van der Waals surface area (Å²) < 4.78 is 4.98. The van der Waals surface area contributed by atoms with Gasteiger partial charge in [-0.25, -0.2) is 0 Å². The molecule has 6 nitrogen and oxygen atoms in total. The molecule has 0 saturated heterocycles. The number of anilines is 1. The molecular weight excluding hydrogens is 260 g/mol. The molecule has 2 amide bonds. The van der Waals surface area contributed by atoms with Gasteiger partial charge in [0, 0.05) is 11.3 Å². The van der Waals surface area contributed by atoms with Gasteiger partial charge < -0.3 is 15.8 Å². The number of rotatable bonds is 5.